The van der Waals surface area contributed by atoms with Crippen LogP contribution in [0.2, 0.25) is 0 Å². The fraction of sp³-hybridized carbons (Fsp3) is 0.250. The molecule has 0 radical (unpaired) electrons. The molecule has 0 heterocycles. The molecule has 0 amide bonds. The highest BCUT2D eigenvalue weighted by Gasteiger charge is 2.38. The maximum absolute atomic E-state index is 12.0. The van der Waals surface area contributed by atoms with Crippen LogP contribution in [0.3, 0.4) is 0 Å². The minimum absolute atomic E-state index is 0.116. The van der Waals surface area contributed by atoms with Gasteiger partial charge in [-0.05, 0) is 20.8 Å². The third-order valence-corrected chi connectivity index (χ3v) is 2.43. The fourth-order valence-corrected chi connectivity index (χ4v) is 1.04. The first-order valence-electron chi connectivity index (χ1n) is 5.77. The SMILES string of the molecule is C=C(C)C(=O)OOP(=O)(OOC(=O)C(=C)C)OOC(=O)C(=C)C. The molecule has 0 N–H and O–H groups in total. The number of carbonyl (C=O) groups is 3. The zero-order valence-corrected chi connectivity index (χ0v) is 13.5. The van der Waals surface area contributed by atoms with Crippen LogP contribution >= 0.6 is 7.82 Å². The molecule has 0 aromatic rings. The molecule has 23 heavy (non-hydrogen) atoms. The maximum Gasteiger partial charge on any atom is 0.584 e. The monoisotopic (exact) mass is 350 g/mol. The van der Waals surface area contributed by atoms with E-state index in [1.807, 2.05) is 0 Å². The summed E-state index contributed by atoms with van der Waals surface area (Å²) in [6, 6.07) is 0. The summed E-state index contributed by atoms with van der Waals surface area (Å²) in [5.41, 5.74) is -0.349. The lowest BCUT2D eigenvalue weighted by Gasteiger charge is -2.13. The Morgan fingerprint density at radius 1 is 0.652 bits per heavy atom. The molecule has 11 heteroatoms. The van der Waals surface area contributed by atoms with Crippen molar-refractivity contribution in [1.29, 1.82) is 0 Å². The second kappa shape index (κ2) is 9.01. The minimum atomic E-state index is -4.95. The normalized spacial score (nSPS) is 10.4. The first-order chi connectivity index (χ1) is 10.5. The van der Waals surface area contributed by atoms with Gasteiger partial charge in [-0.15, -0.1) is 0 Å². The van der Waals surface area contributed by atoms with Crippen molar-refractivity contribution in [1.82, 2.24) is 0 Å². The van der Waals surface area contributed by atoms with Gasteiger partial charge in [0, 0.05) is 16.7 Å². The lowest BCUT2D eigenvalue weighted by Crippen LogP contribution is -2.13. The topological polar surface area (TPSA) is 124 Å². The Morgan fingerprint density at radius 2 is 0.870 bits per heavy atom. The molecule has 0 aliphatic carbocycles. The van der Waals surface area contributed by atoms with E-state index in [1.54, 1.807) is 0 Å². The first kappa shape index (κ1) is 20.7. The highest BCUT2D eigenvalue weighted by atomic mass is 31.2. The van der Waals surface area contributed by atoms with Crippen molar-refractivity contribution in [3.63, 3.8) is 0 Å². The largest absolute Gasteiger partial charge is 0.584 e. The summed E-state index contributed by atoms with van der Waals surface area (Å²) in [7, 11) is -4.95. The zero-order valence-electron chi connectivity index (χ0n) is 12.7. The van der Waals surface area contributed by atoms with Crippen LogP contribution in [0.4, 0.5) is 0 Å². The van der Waals surface area contributed by atoms with E-state index in [2.05, 4.69) is 48.4 Å². The summed E-state index contributed by atoms with van der Waals surface area (Å²) in [6.07, 6.45) is 0. The van der Waals surface area contributed by atoms with Crippen molar-refractivity contribution in [3.05, 3.63) is 36.5 Å². The van der Waals surface area contributed by atoms with E-state index >= 15 is 0 Å². The number of hydrogen-bond acceptors (Lipinski definition) is 10. The third-order valence-electron chi connectivity index (χ3n) is 1.66. The predicted molar refractivity (Wildman–Crippen MR) is 73.6 cm³/mol. The van der Waals surface area contributed by atoms with E-state index < -0.39 is 25.7 Å². The summed E-state index contributed by atoms with van der Waals surface area (Å²) >= 11 is 0. The molecule has 0 bridgehead atoms. The lowest BCUT2D eigenvalue weighted by molar-refractivity contribution is -0.292. The third kappa shape index (κ3) is 8.07. The van der Waals surface area contributed by atoms with E-state index in [0.717, 1.165) is 0 Å². The van der Waals surface area contributed by atoms with E-state index in [0.29, 0.717) is 0 Å². The maximum atomic E-state index is 12.0. The molecule has 0 saturated carbocycles. The molecular weight excluding hydrogens is 335 g/mol. The highest BCUT2D eigenvalue weighted by Crippen LogP contribution is 2.50. The molecule has 0 aromatic heterocycles. The molecule has 0 spiro atoms. The Balaban J connectivity index is 4.91. The molecule has 0 rings (SSSR count). The summed E-state index contributed by atoms with van der Waals surface area (Å²) in [5.74, 6) is -3.39. The van der Waals surface area contributed by atoms with Crippen molar-refractivity contribution in [2.75, 3.05) is 0 Å². The zero-order chi connectivity index (χ0) is 18.2. The summed E-state index contributed by atoms with van der Waals surface area (Å²) in [4.78, 5) is 45.7. The van der Waals surface area contributed by atoms with E-state index in [1.165, 1.54) is 20.8 Å². The van der Waals surface area contributed by atoms with Gasteiger partial charge in [0.1, 0.15) is 0 Å². The quantitative estimate of drug-likeness (QED) is 0.264. The van der Waals surface area contributed by atoms with Crippen LogP contribution in [0.25, 0.3) is 0 Å². The van der Waals surface area contributed by atoms with Crippen molar-refractivity contribution in [2.24, 2.45) is 0 Å². The van der Waals surface area contributed by atoms with Gasteiger partial charge in [-0.3, -0.25) is 14.7 Å². The minimum Gasteiger partial charge on any atom is -0.282 e. The lowest BCUT2D eigenvalue weighted by atomic mass is 10.4. The second-order valence-electron chi connectivity index (χ2n) is 4.12. The Bertz CT molecular complexity index is 510. The van der Waals surface area contributed by atoms with Crippen molar-refractivity contribution < 1.29 is 47.6 Å². The van der Waals surface area contributed by atoms with Gasteiger partial charge in [0.2, 0.25) is 0 Å². The highest BCUT2D eigenvalue weighted by molar-refractivity contribution is 7.48. The standard InChI is InChI=1S/C12H15O10P/c1-7(2)10(13)17-20-23(16,21-18-11(14)8(3)4)22-19-12(15)9(5)6/h1,3,5H2,2,4,6H3. The molecular formula is C12H15O10P. The Kier molecular flexibility index (Phi) is 8.12. The van der Waals surface area contributed by atoms with Gasteiger partial charge in [-0.25, -0.2) is 18.9 Å². The van der Waals surface area contributed by atoms with Crippen molar-refractivity contribution in [2.45, 2.75) is 20.8 Å². The van der Waals surface area contributed by atoms with Crippen molar-refractivity contribution >= 4 is 25.7 Å². The Hall–Kier alpha value is -2.26. The number of phosphoric acid groups is 1. The van der Waals surface area contributed by atoms with Crippen LogP contribution in [0.5, 0.6) is 0 Å². The Morgan fingerprint density at radius 3 is 1.04 bits per heavy atom. The number of carbonyl (C=O) groups excluding carboxylic acids is 3. The summed E-state index contributed by atoms with van der Waals surface area (Å²) < 4.78 is 24.3. The van der Waals surface area contributed by atoms with Crippen molar-refractivity contribution in [3.8, 4) is 0 Å². The van der Waals surface area contributed by atoms with Gasteiger partial charge in [-0.1, -0.05) is 33.8 Å². The molecule has 0 aliphatic heterocycles. The molecule has 0 atom stereocenters. The molecule has 0 aromatic carbocycles. The van der Waals surface area contributed by atoms with Gasteiger partial charge in [-0.2, -0.15) is 0 Å². The number of rotatable bonds is 9. The number of hydrogen-bond donors (Lipinski definition) is 0. The van der Waals surface area contributed by atoms with Gasteiger partial charge >= 0.3 is 25.7 Å². The molecule has 0 unspecified atom stereocenters. The van der Waals surface area contributed by atoms with Crippen LogP contribution in [-0.2, 0) is 47.6 Å². The first-order valence-corrected chi connectivity index (χ1v) is 7.23. The van der Waals surface area contributed by atoms with Crippen LogP contribution in [-0.4, -0.2) is 17.9 Å². The Labute approximate surface area is 131 Å². The summed E-state index contributed by atoms with van der Waals surface area (Å²) in [5, 5.41) is 0. The molecule has 0 saturated heterocycles. The van der Waals surface area contributed by atoms with Gasteiger partial charge in [0.15, 0.2) is 0 Å². The fourth-order valence-electron chi connectivity index (χ4n) is 0.489. The summed E-state index contributed by atoms with van der Waals surface area (Å²) in [6.45, 7) is 13.5. The van der Waals surface area contributed by atoms with E-state index in [9.17, 15) is 18.9 Å². The molecule has 10 nitrogen and oxygen atoms in total. The van der Waals surface area contributed by atoms with Crippen LogP contribution in [0, 0.1) is 0 Å². The van der Waals surface area contributed by atoms with Gasteiger partial charge < -0.3 is 0 Å². The average molecular weight is 350 g/mol. The van der Waals surface area contributed by atoms with Crippen LogP contribution < -0.4 is 0 Å². The predicted octanol–water partition coefficient (Wildman–Crippen LogP) is 2.25. The van der Waals surface area contributed by atoms with Gasteiger partial charge in [0.05, 0.1) is 0 Å². The smallest absolute Gasteiger partial charge is 0.282 e. The van der Waals surface area contributed by atoms with Crippen LogP contribution in [0.1, 0.15) is 20.8 Å². The molecule has 128 valence electrons. The second-order valence-corrected chi connectivity index (χ2v) is 5.47. The van der Waals surface area contributed by atoms with Crippen LogP contribution in [0.15, 0.2) is 36.5 Å². The molecule has 0 aliphatic rings. The molecule has 0 fully saturated rings. The average Bonchev–Trinajstić information content (AvgIpc) is 2.47. The van der Waals surface area contributed by atoms with E-state index in [-0.39, 0.29) is 16.7 Å². The van der Waals surface area contributed by atoms with Gasteiger partial charge in [0.25, 0.3) is 0 Å². The van der Waals surface area contributed by atoms with E-state index in [4.69, 9.17) is 0 Å².